The van der Waals surface area contributed by atoms with E-state index < -0.39 is 0 Å². The van der Waals surface area contributed by atoms with E-state index in [2.05, 4.69) is 0 Å². The number of rotatable bonds is 13. The summed E-state index contributed by atoms with van der Waals surface area (Å²) < 4.78 is 16.5. The maximum Gasteiger partial charge on any atom is 0.305 e. The molecule has 2 rings (SSSR count). The number of hydrogen-bond donors (Lipinski definition) is 0. The third-order valence-corrected chi connectivity index (χ3v) is 4.45. The standard InChI is InChI=1S/C24H30O5/c1-3-28-24(26)15-9-17-29-23-14-7-5-10-20(23)12-8-16-27-18-21-11-4-6-13-22(21)19(2)25/h4-7,10-11,13-14H,3,8-9,12,15-18H2,1-2H3. The molecule has 0 N–H and O–H groups in total. The predicted molar refractivity (Wildman–Crippen MR) is 112 cm³/mol. The number of ether oxygens (including phenoxy) is 3. The number of aryl methyl sites for hydroxylation is 1. The van der Waals surface area contributed by atoms with Crippen molar-refractivity contribution in [2.24, 2.45) is 0 Å². The Hall–Kier alpha value is -2.66. The summed E-state index contributed by atoms with van der Waals surface area (Å²) in [6, 6.07) is 15.5. The van der Waals surface area contributed by atoms with Crippen LogP contribution < -0.4 is 4.74 Å². The van der Waals surface area contributed by atoms with Gasteiger partial charge in [0.05, 0.1) is 19.8 Å². The molecule has 0 saturated carbocycles. The minimum absolute atomic E-state index is 0.0539. The summed E-state index contributed by atoms with van der Waals surface area (Å²) in [6.07, 6.45) is 2.69. The molecule has 0 radical (unpaired) electrons. The first-order valence-electron chi connectivity index (χ1n) is 10.1. The maximum atomic E-state index is 11.7. The van der Waals surface area contributed by atoms with Crippen molar-refractivity contribution < 1.29 is 23.8 Å². The lowest BCUT2D eigenvalue weighted by Crippen LogP contribution is -2.07. The van der Waals surface area contributed by atoms with Crippen molar-refractivity contribution in [3.63, 3.8) is 0 Å². The molecule has 29 heavy (non-hydrogen) atoms. The summed E-state index contributed by atoms with van der Waals surface area (Å²) in [4.78, 5) is 23.0. The van der Waals surface area contributed by atoms with Crippen LogP contribution in [0.2, 0.25) is 0 Å². The molecule has 0 saturated heterocycles. The molecule has 2 aromatic rings. The maximum absolute atomic E-state index is 11.7. The first-order chi connectivity index (χ1) is 14.1. The van der Waals surface area contributed by atoms with Gasteiger partial charge in [-0.05, 0) is 50.3 Å². The van der Waals surface area contributed by atoms with E-state index in [9.17, 15) is 9.59 Å². The zero-order chi connectivity index (χ0) is 20.9. The monoisotopic (exact) mass is 398 g/mol. The van der Waals surface area contributed by atoms with Crippen LogP contribution in [0.25, 0.3) is 0 Å². The van der Waals surface area contributed by atoms with Gasteiger partial charge in [-0.25, -0.2) is 0 Å². The molecule has 0 aliphatic heterocycles. The number of carbonyl (C=O) groups excluding carboxylic acids is 2. The van der Waals surface area contributed by atoms with Crippen LogP contribution in [0.15, 0.2) is 48.5 Å². The summed E-state index contributed by atoms with van der Waals surface area (Å²) in [5, 5.41) is 0. The van der Waals surface area contributed by atoms with Crippen molar-refractivity contribution in [3.05, 3.63) is 65.2 Å². The van der Waals surface area contributed by atoms with Gasteiger partial charge in [-0.2, -0.15) is 0 Å². The topological polar surface area (TPSA) is 61.8 Å². The molecule has 0 bridgehead atoms. The molecule has 0 atom stereocenters. The number of Topliss-reactive ketones (excluding diaryl/α,β-unsaturated/α-hetero) is 1. The average molecular weight is 398 g/mol. The SMILES string of the molecule is CCOC(=O)CCCOc1ccccc1CCCOCc1ccccc1C(C)=O. The number of benzene rings is 2. The average Bonchev–Trinajstić information content (AvgIpc) is 2.72. The van der Waals surface area contributed by atoms with Crippen molar-refractivity contribution >= 4 is 11.8 Å². The van der Waals surface area contributed by atoms with E-state index >= 15 is 0 Å². The van der Waals surface area contributed by atoms with Crippen molar-refractivity contribution in [2.75, 3.05) is 19.8 Å². The van der Waals surface area contributed by atoms with Crippen molar-refractivity contribution in [1.29, 1.82) is 0 Å². The van der Waals surface area contributed by atoms with Crippen molar-refractivity contribution in [1.82, 2.24) is 0 Å². The zero-order valence-electron chi connectivity index (χ0n) is 17.3. The fraction of sp³-hybridized carbons (Fsp3) is 0.417. The summed E-state index contributed by atoms with van der Waals surface area (Å²) in [6.45, 7) is 5.29. The molecule has 0 aliphatic carbocycles. The third kappa shape index (κ3) is 8.08. The molecule has 0 unspecified atom stereocenters. The highest BCUT2D eigenvalue weighted by atomic mass is 16.5. The molecule has 0 aromatic heterocycles. The molecule has 0 spiro atoms. The normalized spacial score (nSPS) is 10.6. The highest BCUT2D eigenvalue weighted by Crippen LogP contribution is 2.20. The van der Waals surface area contributed by atoms with E-state index in [4.69, 9.17) is 14.2 Å². The van der Waals surface area contributed by atoms with Crippen LogP contribution in [-0.2, 0) is 27.3 Å². The largest absolute Gasteiger partial charge is 0.493 e. The second kappa shape index (κ2) is 12.7. The summed E-state index contributed by atoms with van der Waals surface area (Å²) in [5.74, 6) is 0.712. The molecule has 0 aliphatic rings. The smallest absolute Gasteiger partial charge is 0.305 e. The van der Waals surface area contributed by atoms with Gasteiger partial charge in [0.2, 0.25) is 0 Å². The Morgan fingerprint density at radius 2 is 1.62 bits per heavy atom. The molecule has 0 fully saturated rings. The third-order valence-electron chi connectivity index (χ3n) is 4.45. The molecule has 0 amide bonds. The van der Waals surface area contributed by atoms with Gasteiger partial charge in [0.25, 0.3) is 0 Å². The molecule has 156 valence electrons. The van der Waals surface area contributed by atoms with Gasteiger partial charge in [-0.1, -0.05) is 42.5 Å². The lowest BCUT2D eigenvalue weighted by molar-refractivity contribution is -0.143. The van der Waals surface area contributed by atoms with E-state index in [0.717, 1.165) is 29.7 Å². The Labute approximate surface area is 173 Å². The van der Waals surface area contributed by atoms with Gasteiger partial charge < -0.3 is 14.2 Å². The van der Waals surface area contributed by atoms with Crippen LogP contribution >= 0.6 is 0 Å². The first-order valence-corrected chi connectivity index (χ1v) is 10.1. The van der Waals surface area contributed by atoms with E-state index in [1.165, 1.54) is 0 Å². The molecule has 0 heterocycles. The lowest BCUT2D eigenvalue weighted by Gasteiger charge is -2.12. The number of esters is 1. The Balaban J connectivity index is 1.73. The van der Waals surface area contributed by atoms with Crippen LogP contribution in [0.4, 0.5) is 0 Å². The quantitative estimate of drug-likeness (QED) is 0.277. The number of ketones is 1. The van der Waals surface area contributed by atoms with Crippen LogP contribution in [0.1, 0.15) is 54.6 Å². The zero-order valence-corrected chi connectivity index (χ0v) is 17.3. The van der Waals surface area contributed by atoms with Gasteiger partial charge in [-0.15, -0.1) is 0 Å². The molecule has 5 nitrogen and oxygen atoms in total. The molecule has 5 heteroatoms. The minimum atomic E-state index is -0.187. The number of hydrogen-bond acceptors (Lipinski definition) is 5. The van der Waals surface area contributed by atoms with E-state index in [1.807, 2.05) is 48.5 Å². The van der Waals surface area contributed by atoms with Crippen LogP contribution in [-0.4, -0.2) is 31.6 Å². The highest BCUT2D eigenvalue weighted by molar-refractivity contribution is 5.95. The fourth-order valence-corrected chi connectivity index (χ4v) is 3.02. The van der Waals surface area contributed by atoms with Gasteiger partial charge in [0.1, 0.15) is 5.75 Å². The highest BCUT2D eigenvalue weighted by Gasteiger charge is 2.07. The van der Waals surface area contributed by atoms with Gasteiger partial charge >= 0.3 is 5.97 Å². The summed E-state index contributed by atoms with van der Waals surface area (Å²) in [5.41, 5.74) is 2.76. The van der Waals surface area contributed by atoms with Crippen LogP contribution in [0.5, 0.6) is 5.75 Å². The van der Waals surface area contributed by atoms with Gasteiger partial charge in [-0.3, -0.25) is 9.59 Å². The second-order valence-corrected chi connectivity index (χ2v) is 6.73. The molecular weight excluding hydrogens is 368 g/mol. The van der Waals surface area contributed by atoms with E-state index in [1.54, 1.807) is 13.8 Å². The molecule has 2 aromatic carbocycles. The lowest BCUT2D eigenvalue weighted by atomic mass is 10.1. The van der Waals surface area contributed by atoms with Crippen LogP contribution in [0, 0.1) is 0 Å². The summed E-state index contributed by atoms with van der Waals surface area (Å²) in [7, 11) is 0. The fourth-order valence-electron chi connectivity index (χ4n) is 3.02. The number of carbonyl (C=O) groups is 2. The Kier molecular flexibility index (Phi) is 9.93. The van der Waals surface area contributed by atoms with Gasteiger partial charge in [0, 0.05) is 18.6 Å². The van der Waals surface area contributed by atoms with Gasteiger partial charge in [0.15, 0.2) is 5.78 Å². The molecular formula is C24H30O5. The van der Waals surface area contributed by atoms with Crippen LogP contribution in [0.3, 0.4) is 0 Å². The van der Waals surface area contributed by atoms with E-state index in [-0.39, 0.29) is 11.8 Å². The Morgan fingerprint density at radius 3 is 2.38 bits per heavy atom. The Morgan fingerprint density at radius 1 is 0.897 bits per heavy atom. The first kappa shape index (κ1) is 22.6. The van der Waals surface area contributed by atoms with E-state index in [0.29, 0.717) is 44.8 Å². The second-order valence-electron chi connectivity index (χ2n) is 6.73. The summed E-state index contributed by atoms with van der Waals surface area (Å²) >= 11 is 0. The van der Waals surface area contributed by atoms with Crippen molar-refractivity contribution in [3.8, 4) is 5.75 Å². The minimum Gasteiger partial charge on any atom is -0.493 e. The van der Waals surface area contributed by atoms with Crippen molar-refractivity contribution in [2.45, 2.75) is 46.1 Å². The number of para-hydroxylation sites is 1. The predicted octanol–water partition coefficient (Wildman–Crippen LogP) is 4.76. The Bertz CT molecular complexity index is 784.